The normalized spacial score (nSPS) is 27.9. The van der Waals surface area contributed by atoms with Gasteiger partial charge in [0, 0.05) is 0 Å². The third-order valence-electron chi connectivity index (χ3n) is 1.30. The second-order valence-electron chi connectivity index (χ2n) is 1.97. The van der Waals surface area contributed by atoms with Crippen molar-refractivity contribution in [3.63, 3.8) is 0 Å². The fourth-order valence-corrected chi connectivity index (χ4v) is 3.72. The summed E-state index contributed by atoms with van der Waals surface area (Å²) in [5.41, 5.74) is 0. The topological polar surface area (TPSA) is 0 Å². The molecule has 0 nitrogen and oxygen atoms in total. The summed E-state index contributed by atoms with van der Waals surface area (Å²) in [7, 11) is 0.321. The van der Waals surface area contributed by atoms with E-state index in [1.807, 2.05) is 0 Å². The summed E-state index contributed by atoms with van der Waals surface area (Å²) in [4.78, 5) is 0. The highest BCUT2D eigenvalue weighted by atomic mass is 79.9. The Labute approximate surface area is 55.2 Å². The van der Waals surface area contributed by atoms with Crippen LogP contribution in [-0.4, -0.2) is 11.5 Å². The van der Waals surface area contributed by atoms with Crippen LogP contribution in [0.3, 0.4) is 0 Å². The van der Waals surface area contributed by atoms with Crippen molar-refractivity contribution < 1.29 is 0 Å². The first-order valence-electron chi connectivity index (χ1n) is 2.80. The predicted molar refractivity (Wildman–Crippen MR) is 41.5 cm³/mol. The Balaban J connectivity index is 2.12. The van der Waals surface area contributed by atoms with Gasteiger partial charge in [0.15, 0.2) is 0 Å². The van der Waals surface area contributed by atoms with Gasteiger partial charge in [0.2, 0.25) is 0 Å². The van der Waals surface area contributed by atoms with Crippen LogP contribution >= 0.6 is 24.1 Å². The molecule has 0 aromatic carbocycles. The molecule has 0 unspecified atom stereocenters. The van der Waals surface area contributed by atoms with Gasteiger partial charge >= 0.3 is 0 Å². The van der Waals surface area contributed by atoms with E-state index in [1.165, 1.54) is 30.8 Å². The lowest BCUT2D eigenvalue weighted by atomic mass is 10.3. The van der Waals surface area contributed by atoms with Crippen LogP contribution in [0.4, 0.5) is 0 Å². The quantitative estimate of drug-likeness (QED) is 0.548. The Bertz CT molecular complexity index is 50.0. The smallest absolute Gasteiger partial charge is 0.0162 e. The zero-order valence-corrected chi connectivity index (χ0v) is 6.84. The molecule has 0 spiro atoms. The van der Waals surface area contributed by atoms with E-state index in [0.717, 1.165) is 0 Å². The van der Waals surface area contributed by atoms with Crippen molar-refractivity contribution in [3.05, 3.63) is 0 Å². The van der Waals surface area contributed by atoms with Gasteiger partial charge in [0.1, 0.15) is 0 Å². The molecule has 1 heterocycles. The molecular weight excluding hydrogens is 172 g/mol. The largest absolute Gasteiger partial charge is 0.195 e. The third kappa shape index (κ3) is 2.04. The first-order chi connectivity index (χ1) is 3.39. The molecule has 0 aromatic rings. The van der Waals surface area contributed by atoms with E-state index in [4.69, 9.17) is 0 Å². The average molecular weight is 183 g/mol. The highest BCUT2D eigenvalue weighted by molar-refractivity contribution is 9.54. The maximum Gasteiger partial charge on any atom is -0.0162 e. The lowest BCUT2D eigenvalue weighted by Crippen LogP contribution is -1.96. The fourth-order valence-electron chi connectivity index (χ4n) is 0.855. The van der Waals surface area contributed by atoms with E-state index in [2.05, 4.69) is 14.8 Å². The van der Waals surface area contributed by atoms with Gasteiger partial charge in [-0.15, -0.1) is 0 Å². The van der Waals surface area contributed by atoms with Gasteiger partial charge in [-0.05, 0) is 39.2 Å². The lowest BCUT2D eigenvalue weighted by molar-refractivity contribution is 0.764. The SMILES string of the molecule is Br[SH]1CCCCC1. The number of hydrogen-bond acceptors (Lipinski definition) is 0. The third-order valence-corrected chi connectivity index (χ3v) is 5.03. The standard InChI is InChI=1S/C5H11BrS/c6-7-4-2-1-3-5-7/h7H,1-5H2. The minimum atomic E-state index is 0.321. The molecule has 1 aliphatic rings. The molecule has 1 rings (SSSR count). The van der Waals surface area contributed by atoms with Crippen molar-refractivity contribution >= 4 is 24.1 Å². The second kappa shape index (κ2) is 2.98. The minimum absolute atomic E-state index is 0.321. The Morgan fingerprint density at radius 3 is 1.86 bits per heavy atom. The van der Waals surface area contributed by atoms with E-state index in [0.29, 0.717) is 9.33 Å². The van der Waals surface area contributed by atoms with Gasteiger partial charge in [-0.1, -0.05) is 6.42 Å². The summed E-state index contributed by atoms with van der Waals surface area (Å²) >= 11 is 3.65. The maximum absolute atomic E-state index is 3.65. The molecule has 0 N–H and O–H groups in total. The zero-order valence-electron chi connectivity index (χ0n) is 4.36. The van der Waals surface area contributed by atoms with Gasteiger partial charge in [0.05, 0.1) is 0 Å². The average Bonchev–Trinajstić information content (AvgIpc) is 1.69. The van der Waals surface area contributed by atoms with Crippen molar-refractivity contribution in [3.8, 4) is 0 Å². The van der Waals surface area contributed by atoms with Crippen molar-refractivity contribution in [2.75, 3.05) is 11.5 Å². The summed E-state index contributed by atoms with van der Waals surface area (Å²) in [6.45, 7) is 0. The van der Waals surface area contributed by atoms with E-state index in [1.54, 1.807) is 0 Å². The van der Waals surface area contributed by atoms with Gasteiger partial charge in [-0.3, -0.25) is 0 Å². The van der Waals surface area contributed by atoms with E-state index >= 15 is 0 Å². The van der Waals surface area contributed by atoms with Crippen molar-refractivity contribution in [1.82, 2.24) is 0 Å². The Kier molecular flexibility index (Phi) is 2.53. The summed E-state index contributed by atoms with van der Waals surface area (Å²) in [6, 6.07) is 0. The van der Waals surface area contributed by atoms with Gasteiger partial charge < -0.3 is 0 Å². The van der Waals surface area contributed by atoms with Crippen molar-refractivity contribution in [2.24, 2.45) is 0 Å². The molecule has 0 radical (unpaired) electrons. The fraction of sp³-hybridized carbons (Fsp3) is 1.00. The summed E-state index contributed by atoms with van der Waals surface area (Å²) < 4.78 is 0. The molecule has 0 atom stereocenters. The molecule has 1 aliphatic heterocycles. The molecule has 44 valence electrons. The first kappa shape index (κ1) is 5.96. The molecule has 0 amide bonds. The van der Waals surface area contributed by atoms with Crippen LogP contribution < -0.4 is 0 Å². The van der Waals surface area contributed by atoms with E-state index in [9.17, 15) is 0 Å². The van der Waals surface area contributed by atoms with Crippen LogP contribution in [0.15, 0.2) is 0 Å². The number of hydrogen-bond donors (Lipinski definition) is 1. The van der Waals surface area contributed by atoms with Crippen LogP contribution in [0, 0.1) is 0 Å². The lowest BCUT2D eigenvalue weighted by Gasteiger charge is -2.18. The summed E-state index contributed by atoms with van der Waals surface area (Å²) in [5, 5.41) is 0. The second-order valence-corrected chi connectivity index (χ2v) is 6.80. The van der Waals surface area contributed by atoms with E-state index in [-0.39, 0.29) is 0 Å². The highest BCUT2D eigenvalue weighted by Gasteiger charge is 2.03. The summed E-state index contributed by atoms with van der Waals surface area (Å²) in [6.07, 6.45) is 4.42. The molecular formula is C5H11BrS. The molecule has 7 heavy (non-hydrogen) atoms. The van der Waals surface area contributed by atoms with Crippen LogP contribution in [0.25, 0.3) is 0 Å². The number of thiol groups is 1. The summed E-state index contributed by atoms with van der Waals surface area (Å²) in [5.74, 6) is 2.94. The number of halogens is 1. The van der Waals surface area contributed by atoms with Gasteiger partial charge in [-0.25, -0.2) is 0 Å². The Morgan fingerprint density at radius 2 is 1.57 bits per heavy atom. The van der Waals surface area contributed by atoms with Gasteiger partial charge in [0.25, 0.3) is 0 Å². The predicted octanol–water partition coefficient (Wildman–Crippen LogP) is 2.48. The molecule has 1 saturated heterocycles. The Hall–Kier alpha value is 0.830. The maximum atomic E-state index is 3.65. The molecule has 0 aromatic heterocycles. The van der Waals surface area contributed by atoms with E-state index < -0.39 is 0 Å². The van der Waals surface area contributed by atoms with Crippen LogP contribution in [0.2, 0.25) is 0 Å². The number of rotatable bonds is 0. The Morgan fingerprint density at radius 1 is 1.00 bits per heavy atom. The molecule has 0 bridgehead atoms. The zero-order chi connectivity index (χ0) is 5.11. The monoisotopic (exact) mass is 182 g/mol. The van der Waals surface area contributed by atoms with Crippen molar-refractivity contribution in [2.45, 2.75) is 19.3 Å². The van der Waals surface area contributed by atoms with Crippen molar-refractivity contribution in [1.29, 1.82) is 0 Å². The first-order valence-corrected chi connectivity index (χ1v) is 6.53. The van der Waals surface area contributed by atoms with Crippen LogP contribution in [0.1, 0.15) is 19.3 Å². The molecule has 1 fully saturated rings. The molecule has 0 aliphatic carbocycles. The molecule has 2 heteroatoms. The van der Waals surface area contributed by atoms with Crippen LogP contribution in [0.5, 0.6) is 0 Å². The minimum Gasteiger partial charge on any atom is -0.195 e. The van der Waals surface area contributed by atoms with Crippen LogP contribution in [-0.2, 0) is 0 Å². The van der Waals surface area contributed by atoms with Gasteiger partial charge in [-0.2, -0.15) is 9.33 Å². The molecule has 0 saturated carbocycles. The highest BCUT2D eigenvalue weighted by Crippen LogP contribution is 2.39.